The second kappa shape index (κ2) is 6.95. The van der Waals surface area contributed by atoms with Crippen LogP contribution in [-0.2, 0) is 14.4 Å². The predicted molar refractivity (Wildman–Crippen MR) is 93.6 cm³/mol. The Morgan fingerprint density at radius 1 is 1.00 bits per heavy atom. The number of hydrogen-bond acceptors (Lipinski definition) is 4. The van der Waals surface area contributed by atoms with Gasteiger partial charge in [-0.1, -0.05) is 17.7 Å². The van der Waals surface area contributed by atoms with Crippen LogP contribution in [0.3, 0.4) is 0 Å². The van der Waals surface area contributed by atoms with Crippen molar-refractivity contribution in [3.63, 3.8) is 0 Å². The smallest absolute Gasteiger partial charge is 0.323 e. The Kier molecular flexibility index (Phi) is 4.99. The molecule has 0 fully saturated rings. The van der Waals surface area contributed by atoms with Crippen molar-refractivity contribution in [3.8, 4) is 0 Å². The number of nitrogens with two attached hydrogens (primary N) is 1. The molecule has 3 N–H and O–H groups in total. The number of imide groups is 1. The molecule has 0 heterocycles. The summed E-state index contributed by atoms with van der Waals surface area (Å²) in [4.78, 5) is 37.3. The van der Waals surface area contributed by atoms with Crippen LogP contribution in [0, 0.1) is 13.8 Å². The maximum Gasteiger partial charge on any atom is 0.323 e. The number of nitrogens with zero attached hydrogens (tertiary/aromatic N) is 1. The molecule has 0 unspecified atom stereocenters. The lowest BCUT2D eigenvalue weighted by Crippen LogP contribution is -2.42. The highest BCUT2D eigenvalue weighted by molar-refractivity contribution is 6.48. The van der Waals surface area contributed by atoms with Crippen molar-refractivity contribution in [2.24, 2.45) is 0 Å². The zero-order valence-electron chi connectivity index (χ0n) is 13.8. The monoisotopic (exact) mass is 325 g/mol. The lowest BCUT2D eigenvalue weighted by atomic mass is 10.1. The van der Waals surface area contributed by atoms with Crippen LogP contribution in [0.25, 0.3) is 0 Å². The fourth-order valence-electron chi connectivity index (χ4n) is 2.30. The lowest BCUT2D eigenvalue weighted by molar-refractivity contribution is -0.136. The number of nitrogen functional groups attached to an aromatic ring is 1. The molecule has 0 aromatic heterocycles. The van der Waals surface area contributed by atoms with E-state index in [9.17, 15) is 14.4 Å². The van der Waals surface area contributed by atoms with E-state index < -0.39 is 17.7 Å². The molecule has 6 nitrogen and oxygen atoms in total. The molecule has 124 valence electrons. The Bertz CT molecular complexity index is 798. The van der Waals surface area contributed by atoms with E-state index in [2.05, 4.69) is 5.32 Å². The lowest BCUT2D eigenvalue weighted by Gasteiger charge is -2.19. The number of amides is 3. The van der Waals surface area contributed by atoms with Crippen molar-refractivity contribution in [1.82, 2.24) is 0 Å². The van der Waals surface area contributed by atoms with Crippen molar-refractivity contribution in [3.05, 3.63) is 53.6 Å². The minimum Gasteiger partial charge on any atom is -0.399 e. The third kappa shape index (κ3) is 3.78. The highest BCUT2D eigenvalue weighted by atomic mass is 16.2. The molecule has 2 rings (SSSR count). The van der Waals surface area contributed by atoms with Gasteiger partial charge in [0.1, 0.15) is 0 Å². The molecule has 3 amide bonds. The topological polar surface area (TPSA) is 92.5 Å². The van der Waals surface area contributed by atoms with Gasteiger partial charge in [-0.05, 0) is 49.7 Å². The fraction of sp³-hybridized carbons (Fsp3) is 0.167. The van der Waals surface area contributed by atoms with Crippen LogP contribution in [-0.4, -0.2) is 17.7 Å². The third-order valence-corrected chi connectivity index (χ3v) is 3.49. The van der Waals surface area contributed by atoms with E-state index in [1.807, 2.05) is 26.0 Å². The maximum absolute atomic E-state index is 12.4. The van der Waals surface area contributed by atoms with Crippen LogP contribution in [0.4, 0.5) is 17.1 Å². The minimum atomic E-state index is -0.952. The zero-order valence-corrected chi connectivity index (χ0v) is 13.8. The van der Waals surface area contributed by atoms with Crippen LogP contribution in [0.5, 0.6) is 0 Å². The summed E-state index contributed by atoms with van der Waals surface area (Å²) in [5, 5.41) is 2.55. The molecule has 0 saturated heterocycles. The van der Waals surface area contributed by atoms with Gasteiger partial charge in [-0.2, -0.15) is 0 Å². The summed E-state index contributed by atoms with van der Waals surface area (Å²) in [5.74, 6) is -2.39. The van der Waals surface area contributed by atoms with Gasteiger partial charge in [0, 0.05) is 18.3 Å². The molecule has 0 saturated carbocycles. The van der Waals surface area contributed by atoms with E-state index in [-0.39, 0.29) is 5.69 Å². The number of carbonyl (C=O) groups is 3. The first-order valence-corrected chi connectivity index (χ1v) is 7.38. The first-order chi connectivity index (χ1) is 11.3. The minimum absolute atomic E-state index is 0.289. The summed E-state index contributed by atoms with van der Waals surface area (Å²) in [7, 11) is 0. The predicted octanol–water partition coefficient (Wildman–Crippen LogP) is 2.40. The van der Waals surface area contributed by atoms with Gasteiger partial charge in [0.05, 0.1) is 5.69 Å². The van der Waals surface area contributed by atoms with Crippen molar-refractivity contribution >= 4 is 34.8 Å². The average molecular weight is 325 g/mol. The Morgan fingerprint density at radius 3 is 2.17 bits per heavy atom. The molecule has 0 aliphatic heterocycles. The molecule has 2 aromatic carbocycles. The number of nitrogens with one attached hydrogen (secondary N) is 1. The van der Waals surface area contributed by atoms with Gasteiger partial charge >= 0.3 is 11.8 Å². The second-order valence-corrected chi connectivity index (χ2v) is 5.52. The third-order valence-electron chi connectivity index (χ3n) is 3.49. The van der Waals surface area contributed by atoms with Crippen LogP contribution in [0.15, 0.2) is 42.5 Å². The normalized spacial score (nSPS) is 10.1. The highest BCUT2D eigenvalue weighted by Crippen LogP contribution is 2.19. The van der Waals surface area contributed by atoms with Gasteiger partial charge in [-0.3, -0.25) is 14.4 Å². The first kappa shape index (κ1) is 17.2. The molecule has 0 aliphatic carbocycles. The van der Waals surface area contributed by atoms with Gasteiger partial charge < -0.3 is 11.1 Å². The highest BCUT2D eigenvalue weighted by Gasteiger charge is 2.27. The molecule has 0 spiro atoms. The van der Waals surface area contributed by atoms with Gasteiger partial charge in [0.25, 0.3) is 0 Å². The standard InChI is InChI=1S/C18H19N3O3/c1-11-4-9-16(12(2)10-11)20-17(23)18(24)21(13(3)22)15-7-5-14(19)6-8-15/h4-10H,19H2,1-3H3,(H,20,23). The number of benzene rings is 2. The van der Waals surface area contributed by atoms with Crippen molar-refractivity contribution in [2.45, 2.75) is 20.8 Å². The van der Waals surface area contributed by atoms with Crippen molar-refractivity contribution in [1.29, 1.82) is 0 Å². The van der Waals surface area contributed by atoms with Crippen LogP contribution in [0.1, 0.15) is 18.1 Å². The fourth-order valence-corrected chi connectivity index (χ4v) is 2.30. The second-order valence-electron chi connectivity index (χ2n) is 5.52. The molecular weight excluding hydrogens is 306 g/mol. The van der Waals surface area contributed by atoms with E-state index in [0.717, 1.165) is 16.0 Å². The molecule has 24 heavy (non-hydrogen) atoms. The molecule has 2 aromatic rings. The molecular formula is C18H19N3O3. The van der Waals surface area contributed by atoms with Crippen molar-refractivity contribution < 1.29 is 14.4 Å². The summed E-state index contributed by atoms with van der Waals surface area (Å²) in [6, 6.07) is 11.6. The van der Waals surface area contributed by atoms with Crippen LogP contribution in [0.2, 0.25) is 0 Å². The summed E-state index contributed by atoms with van der Waals surface area (Å²) < 4.78 is 0. The van der Waals surface area contributed by atoms with E-state index in [1.165, 1.54) is 19.1 Å². The summed E-state index contributed by atoms with van der Waals surface area (Å²) in [6.07, 6.45) is 0. The van der Waals surface area contributed by atoms with Gasteiger partial charge in [-0.25, -0.2) is 4.90 Å². The Morgan fingerprint density at radius 2 is 1.62 bits per heavy atom. The Balaban J connectivity index is 2.24. The van der Waals surface area contributed by atoms with Crippen LogP contribution >= 0.6 is 0 Å². The molecule has 0 atom stereocenters. The van der Waals surface area contributed by atoms with Gasteiger partial charge in [0.15, 0.2) is 0 Å². The van der Waals surface area contributed by atoms with Gasteiger partial charge in [-0.15, -0.1) is 0 Å². The number of hydrogen-bond donors (Lipinski definition) is 2. The largest absolute Gasteiger partial charge is 0.399 e. The number of anilines is 3. The number of aryl methyl sites for hydroxylation is 2. The molecule has 0 bridgehead atoms. The average Bonchev–Trinajstić information content (AvgIpc) is 2.51. The van der Waals surface area contributed by atoms with E-state index in [1.54, 1.807) is 18.2 Å². The SMILES string of the molecule is CC(=O)N(C(=O)C(=O)Nc1ccc(C)cc1C)c1ccc(N)cc1. The summed E-state index contributed by atoms with van der Waals surface area (Å²) >= 11 is 0. The maximum atomic E-state index is 12.4. The quantitative estimate of drug-likeness (QED) is 0.655. The van der Waals surface area contributed by atoms with E-state index in [4.69, 9.17) is 5.73 Å². The van der Waals surface area contributed by atoms with Gasteiger partial charge in [0.2, 0.25) is 5.91 Å². The summed E-state index contributed by atoms with van der Waals surface area (Å²) in [5.41, 5.74) is 8.79. The van der Waals surface area contributed by atoms with E-state index >= 15 is 0 Å². The number of carbonyl (C=O) groups excluding carboxylic acids is 3. The Labute approximate surface area is 140 Å². The van der Waals surface area contributed by atoms with Crippen LogP contribution < -0.4 is 16.0 Å². The molecule has 0 aliphatic rings. The zero-order chi connectivity index (χ0) is 17.9. The Hall–Kier alpha value is -3.15. The van der Waals surface area contributed by atoms with Crippen molar-refractivity contribution in [2.75, 3.05) is 16.0 Å². The summed E-state index contributed by atoms with van der Waals surface area (Å²) in [6.45, 7) is 4.98. The number of rotatable bonds is 2. The molecule has 0 radical (unpaired) electrons. The molecule has 6 heteroatoms. The van der Waals surface area contributed by atoms with E-state index in [0.29, 0.717) is 11.4 Å². The first-order valence-electron chi connectivity index (χ1n) is 7.38.